The standard InChI is InChI=1S/C20H32Si/c1-21(2,19-13-11-15-7-3-5-9-17(15)19)20-14-12-16-8-4-6-10-18(16)20/h19-20H,3-14H2,1-2H3. The summed E-state index contributed by atoms with van der Waals surface area (Å²) in [4.78, 5) is 0. The van der Waals surface area contributed by atoms with Crippen LogP contribution in [-0.4, -0.2) is 8.07 Å². The first kappa shape index (κ1) is 14.3. The fourth-order valence-corrected chi connectivity index (χ4v) is 11.0. The second-order valence-corrected chi connectivity index (χ2v) is 13.7. The highest BCUT2D eigenvalue weighted by Gasteiger charge is 2.47. The van der Waals surface area contributed by atoms with Crippen molar-refractivity contribution in [2.75, 3.05) is 0 Å². The highest BCUT2D eigenvalue weighted by molar-refractivity contribution is 6.81. The summed E-state index contributed by atoms with van der Waals surface area (Å²) in [6.07, 6.45) is 17.8. The molecule has 4 aliphatic rings. The maximum absolute atomic E-state index is 2.76. The lowest BCUT2D eigenvalue weighted by atomic mass is 9.94. The molecule has 0 aromatic heterocycles. The average molecular weight is 301 g/mol. The first-order valence-electron chi connectivity index (χ1n) is 9.59. The van der Waals surface area contributed by atoms with Crippen LogP contribution in [0.2, 0.25) is 24.2 Å². The molecule has 21 heavy (non-hydrogen) atoms. The molecule has 0 spiro atoms. The molecule has 0 saturated heterocycles. The van der Waals surface area contributed by atoms with Crippen molar-refractivity contribution in [1.82, 2.24) is 0 Å². The van der Waals surface area contributed by atoms with Gasteiger partial charge < -0.3 is 0 Å². The van der Waals surface area contributed by atoms with E-state index in [0.29, 0.717) is 0 Å². The summed E-state index contributed by atoms with van der Waals surface area (Å²) in [6, 6.07) is 0. The smallest absolute Gasteiger partial charge is 0.0619 e. The van der Waals surface area contributed by atoms with E-state index in [1.165, 1.54) is 77.0 Å². The lowest BCUT2D eigenvalue weighted by Gasteiger charge is -2.40. The summed E-state index contributed by atoms with van der Waals surface area (Å²) in [5, 5.41) is 0. The fraction of sp³-hybridized carbons (Fsp3) is 0.800. The average Bonchev–Trinajstić information content (AvgIpc) is 3.12. The SMILES string of the molecule is C[Si](C)(C1CCC2=C1CCCC2)C1CCC2=C1CCCC2. The van der Waals surface area contributed by atoms with Crippen LogP contribution in [-0.2, 0) is 0 Å². The van der Waals surface area contributed by atoms with Gasteiger partial charge in [-0.2, -0.15) is 0 Å². The van der Waals surface area contributed by atoms with E-state index in [4.69, 9.17) is 0 Å². The first-order valence-corrected chi connectivity index (χ1v) is 12.7. The third-order valence-electron chi connectivity index (χ3n) is 7.36. The molecule has 0 aliphatic heterocycles. The lowest BCUT2D eigenvalue weighted by molar-refractivity contribution is 0.661. The van der Waals surface area contributed by atoms with Crippen LogP contribution in [0, 0.1) is 0 Å². The molecule has 0 bridgehead atoms. The molecule has 0 saturated carbocycles. The van der Waals surface area contributed by atoms with Gasteiger partial charge in [-0.1, -0.05) is 35.4 Å². The van der Waals surface area contributed by atoms with Crippen LogP contribution >= 0.6 is 0 Å². The fourth-order valence-electron chi connectivity index (χ4n) is 6.27. The Hall–Kier alpha value is -0.303. The zero-order chi connectivity index (χ0) is 14.4. The molecule has 0 radical (unpaired) electrons. The summed E-state index contributed by atoms with van der Waals surface area (Å²) in [5.74, 6) is 0. The van der Waals surface area contributed by atoms with Crippen LogP contribution < -0.4 is 0 Å². The molecule has 4 aliphatic carbocycles. The third-order valence-corrected chi connectivity index (χ3v) is 12.2. The number of hydrogen-bond donors (Lipinski definition) is 0. The maximum atomic E-state index is 2.76. The second-order valence-electron chi connectivity index (χ2n) is 8.68. The predicted octanol–water partition coefficient (Wildman–Crippen LogP) is 6.76. The minimum atomic E-state index is -1.17. The van der Waals surface area contributed by atoms with Gasteiger partial charge in [0.25, 0.3) is 0 Å². The first-order chi connectivity index (χ1) is 10.2. The van der Waals surface area contributed by atoms with Crippen molar-refractivity contribution in [3.05, 3.63) is 22.3 Å². The number of rotatable bonds is 2. The quantitative estimate of drug-likeness (QED) is 0.390. The molecule has 0 nitrogen and oxygen atoms in total. The Morgan fingerprint density at radius 3 is 1.52 bits per heavy atom. The Morgan fingerprint density at radius 2 is 1.05 bits per heavy atom. The van der Waals surface area contributed by atoms with Crippen LogP contribution in [0.4, 0.5) is 0 Å². The van der Waals surface area contributed by atoms with Crippen molar-refractivity contribution >= 4 is 8.07 Å². The van der Waals surface area contributed by atoms with Crippen LogP contribution in [0.15, 0.2) is 22.3 Å². The minimum absolute atomic E-state index is 1.05. The van der Waals surface area contributed by atoms with Crippen molar-refractivity contribution in [3.63, 3.8) is 0 Å². The van der Waals surface area contributed by atoms with Gasteiger partial charge in [-0.15, -0.1) is 0 Å². The Morgan fingerprint density at radius 1 is 0.619 bits per heavy atom. The third kappa shape index (κ3) is 2.31. The minimum Gasteiger partial charge on any atom is -0.0710 e. The molecule has 116 valence electrons. The normalized spacial score (nSPS) is 33.4. The molecule has 0 aromatic rings. The molecule has 4 rings (SSSR count). The highest BCUT2D eigenvalue weighted by atomic mass is 28.3. The predicted molar refractivity (Wildman–Crippen MR) is 94.4 cm³/mol. The Kier molecular flexibility index (Phi) is 3.68. The van der Waals surface area contributed by atoms with Gasteiger partial charge in [0.1, 0.15) is 0 Å². The van der Waals surface area contributed by atoms with Crippen molar-refractivity contribution < 1.29 is 0 Å². The zero-order valence-corrected chi connectivity index (χ0v) is 15.1. The second kappa shape index (κ2) is 5.40. The van der Waals surface area contributed by atoms with E-state index >= 15 is 0 Å². The summed E-state index contributed by atoms with van der Waals surface area (Å²) in [6.45, 7) is 5.52. The van der Waals surface area contributed by atoms with Crippen LogP contribution in [0.1, 0.15) is 77.0 Å². The van der Waals surface area contributed by atoms with Crippen LogP contribution in [0.25, 0.3) is 0 Å². The highest BCUT2D eigenvalue weighted by Crippen LogP contribution is 2.57. The monoisotopic (exact) mass is 300 g/mol. The largest absolute Gasteiger partial charge is 0.0710 e. The molecule has 0 heterocycles. The van der Waals surface area contributed by atoms with E-state index in [-0.39, 0.29) is 0 Å². The van der Waals surface area contributed by atoms with Crippen molar-refractivity contribution in [1.29, 1.82) is 0 Å². The summed E-state index contributed by atoms with van der Waals surface area (Å²) >= 11 is 0. The Bertz CT molecular complexity index is 450. The molecule has 0 fully saturated rings. The summed E-state index contributed by atoms with van der Waals surface area (Å²) in [5.41, 5.74) is 9.91. The number of allylic oxidation sites excluding steroid dienone is 4. The Balaban J connectivity index is 1.62. The van der Waals surface area contributed by atoms with Gasteiger partial charge in [-0.25, -0.2) is 0 Å². The molecular formula is C20H32Si. The molecular weight excluding hydrogens is 268 g/mol. The molecule has 2 atom stereocenters. The maximum Gasteiger partial charge on any atom is 0.0619 e. The van der Waals surface area contributed by atoms with E-state index < -0.39 is 8.07 Å². The van der Waals surface area contributed by atoms with Gasteiger partial charge in [0.2, 0.25) is 0 Å². The topological polar surface area (TPSA) is 0 Å². The van der Waals surface area contributed by atoms with E-state index in [9.17, 15) is 0 Å². The summed E-state index contributed by atoms with van der Waals surface area (Å²) in [7, 11) is -1.17. The van der Waals surface area contributed by atoms with E-state index in [1.807, 2.05) is 22.3 Å². The lowest BCUT2D eigenvalue weighted by Crippen LogP contribution is -2.38. The Labute approximate surface area is 132 Å². The van der Waals surface area contributed by atoms with Gasteiger partial charge in [-0.3, -0.25) is 0 Å². The van der Waals surface area contributed by atoms with Crippen LogP contribution in [0.3, 0.4) is 0 Å². The molecule has 0 amide bonds. The van der Waals surface area contributed by atoms with Crippen molar-refractivity contribution in [2.45, 2.75) is 101 Å². The van der Waals surface area contributed by atoms with E-state index in [1.54, 1.807) is 0 Å². The van der Waals surface area contributed by atoms with Gasteiger partial charge >= 0.3 is 0 Å². The van der Waals surface area contributed by atoms with Gasteiger partial charge in [0.15, 0.2) is 0 Å². The van der Waals surface area contributed by atoms with E-state index in [0.717, 1.165) is 11.1 Å². The molecule has 0 N–H and O–H groups in total. The van der Waals surface area contributed by atoms with Gasteiger partial charge in [0.05, 0.1) is 8.07 Å². The van der Waals surface area contributed by atoms with E-state index in [2.05, 4.69) is 13.1 Å². The summed E-state index contributed by atoms with van der Waals surface area (Å²) < 4.78 is 0. The van der Waals surface area contributed by atoms with Gasteiger partial charge in [0, 0.05) is 0 Å². The molecule has 2 unspecified atom stereocenters. The van der Waals surface area contributed by atoms with Crippen molar-refractivity contribution in [3.8, 4) is 0 Å². The zero-order valence-electron chi connectivity index (χ0n) is 14.1. The molecule has 0 aromatic carbocycles. The number of hydrogen-bond acceptors (Lipinski definition) is 0. The van der Waals surface area contributed by atoms with Crippen LogP contribution in [0.5, 0.6) is 0 Å². The van der Waals surface area contributed by atoms with Crippen molar-refractivity contribution in [2.24, 2.45) is 0 Å². The van der Waals surface area contributed by atoms with Gasteiger partial charge in [-0.05, 0) is 88.1 Å². The molecule has 1 heteroatoms.